The molecule has 0 heterocycles. The van der Waals surface area contributed by atoms with Gasteiger partial charge < -0.3 is 9.47 Å². The highest BCUT2D eigenvalue weighted by Crippen LogP contribution is 2.43. The second-order valence-electron chi connectivity index (χ2n) is 7.43. The highest BCUT2D eigenvalue weighted by Gasteiger charge is 2.68. The van der Waals surface area contributed by atoms with Crippen LogP contribution in [-0.2, 0) is 36.9 Å². The van der Waals surface area contributed by atoms with Crippen molar-refractivity contribution in [2.45, 2.75) is 67.5 Å². The molecule has 0 atom stereocenters. The first-order chi connectivity index (χ1) is 18.6. The molecule has 0 aromatic heterocycles. The second kappa shape index (κ2) is 21.7. The van der Waals surface area contributed by atoms with Crippen molar-refractivity contribution in [3.05, 3.63) is 83.9 Å². The maximum atomic E-state index is 13.3. The number of benzene rings is 2. The quantitative estimate of drug-likeness (QED) is 0.133. The molecular weight excluding hydrogens is 618 g/mol. The van der Waals surface area contributed by atoms with Gasteiger partial charge >= 0.3 is 24.6 Å². The van der Waals surface area contributed by atoms with E-state index in [2.05, 4.69) is 36.8 Å². The minimum Gasteiger partial charge on any atom is -0.368 e. The lowest BCUT2D eigenvalue weighted by Gasteiger charge is -2.30. The van der Waals surface area contributed by atoms with Crippen LogP contribution in [0.1, 0.15) is 52.0 Å². The van der Waals surface area contributed by atoms with E-state index in [1.807, 2.05) is 24.3 Å². The molecule has 0 fully saturated rings. The van der Waals surface area contributed by atoms with Crippen LogP contribution in [-0.4, -0.2) is 44.9 Å². The van der Waals surface area contributed by atoms with Crippen LogP contribution >= 0.6 is 0 Å². The normalized spacial score (nSPS) is 11.3. The van der Waals surface area contributed by atoms with Crippen molar-refractivity contribution < 1.29 is 67.6 Å². The average molecular weight is 659 g/mol. The maximum Gasteiger partial charge on any atom is 0.492 e. The summed E-state index contributed by atoms with van der Waals surface area (Å²) in [6, 6.07) is 13.6. The molecule has 0 spiro atoms. The lowest BCUT2D eigenvalue weighted by molar-refractivity contribution is -0.548. The molecule has 0 saturated heterocycles. The molecule has 0 N–H and O–H groups in total. The van der Waals surface area contributed by atoms with Crippen molar-refractivity contribution in [3.8, 4) is 0 Å². The Hall–Kier alpha value is -2.98. The summed E-state index contributed by atoms with van der Waals surface area (Å²) in [7, 11) is 0. The van der Waals surface area contributed by atoms with Gasteiger partial charge in [-0.3, -0.25) is 4.74 Å². The van der Waals surface area contributed by atoms with Crippen LogP contribution in [0.2, 0.25) is 0 Å². The predicted molar refractivity (Wildman–Crippen MR) is 149 cm³/mol. The number of rotatable bonds is 16. The third kappa shape index (κ3) is 17.3. The van der Waals surface area contributed by atoms with Crippen LogP contribution in [0.25, 0.3) is 12.2 Å². The van der Waals surface area contributed by atoms with Gasteiger partial charge in [-0.2, -0.15) is 26.3 Å². The van der Waals surface area contributed by atoms with E-state index in [9.17, 15) is 43.9 Å². The summed E-state index contributed by atoms with van der Waals surface area (Å²) in [6.07, 6.45) is -19.8. The fourth-order valence-electron chi connectivity index (χ4n) is 2.52. The van der Waals surface area contributed by atoms with Gasteiger partial charge in [-0.1, -0.05) is 104 Å². The molecule has 0 aliphatic rings. The predicted octanol–water partition coefficient (Wildman–Crippen LogP) is 10.5. The van der Waals surface area contributed by atoms with Crippen molar-refractivity contribution in [3.63, 3.8) is 0 Å². The van der Waals surface area contributed by atoms with Crippen molar-refractivity contribution in [2.75, 3.05) is 20.3 Å². The topological polar surface area (TPSA) is 46.2 Å². The van der Waals surface area contributed by atoms with Crippen LogP contribution in [0.3, 0.4) is 0 Å². The zero-order chi connectivity index (χ0) is 30.5. The summed E-state index contributed by atoms with van der Waals surface area (Å²) in [6.45, 7) is 1.87. The standard InChI is InChI=1S/C15H13F9O4.C10H11FO.4CH4/c1-2-10-3-5-11(6-4-10)7-25-8-12(17,18)27-13(19,20)14(21,22)28-15(23,24)26-9-16;1-2-9-3-5-10(6-4-9)7-12-8-11;;;;/h2-6H,1,7-9H2;2-6H,1,7-8H2;4*1H4. The molecule has 2 aromatic carbocycles. The van der Waals surface area contributed by atoms with Gasteiger partial charge in [0.1, 0.15) is 6.61 Å². The highest BCUT2D eigenvalue weighted by atomic mass is 19.3. The van der Waals surface area contributed by atoms with Crippen molar-refractivity contribution in [2.24, 2.45) is 0 Å². The zero-order valence-electron chi connectivity index (χ0n) is 20.5. The van der Waals surface area contributed by atoms with Gasteiger partial charge in [0.2, 0.25) is 0 Å². The maximum absolute atomic E-state index is 13.3. The molecule has 2 rings (SSSR count). The molecule has 44 heavy (non-hydrogen) atoms. The molecule has 0 aliphatic heterocycles. The van der Waals surface area contributed by atoms with E-state index in [0.717, 1.165) is 11.1 Å². The third-order valence-corrected chi connectivity index (χ3v) is 4.40. The summed E-state index contributed by atoms with van der Waals surface area (Å²) < 4.78 is 144. The van der Waals surface area contributed by atoms with Gasteiger partial charge in [-0.05, 0) is 22.3 Å². The molecule has 0 bridgehead atoms. The molecule has 256 valence electrons. The van der Waals surface area contributed by atoms with Gasteiger partial charge in [-0.25, -0.2) is 18.3 Å². The van der Waals surface area contributed by atoms with E-state index in [0.29, 0.717) is 17.7 Å². The van der Waals surface area contributed by atoms with Gasteiger partial charge in [0.05, 0.1) is 13.2 Å². The van der Waals surface area contributed by atoms with Crippen LogP contribution in [0.5, 0.6) is 0 Å². The van der Waals surface area contributed by atoms with Crippen LogP contribution in [0.4, 0.5) is 43.9 Å². The fraction of sp³-hybridized carbons (Fsp3) is 0.448. The Morgan fingerprint density at radius 1 is 0.568 bits per heavy atom. The molecule has 15 heteroatoms. The second-order valence-corrected chi connectivity index (χ2v) is 7.43. The van der Waals surface area contributed by atoms with Crippen LogP contribution < -0.4 is 0 Å². The summed E-state index contributed by atoms with van der Waals surface area (Å²) in [5, 5.41) is 0. The largest absolute Gasteiger partial charge is 0.492 e. The molecule has 0 amide bonds. The highest BCUT2D eigenvalue weighted by molar-refractivity contribution is 5.47. The minimum absolute atomic E-state index is 0. The van der Waals surface area contributed by atoms with Gasteiger partial charge in [0.25, 0.3) is 0 Å². The smallest absolute Gasteiger partial charge is 0.368 e. The van der Waals surface area contributed by atoms with E-state index < -0.39 is 51.6 Å². The lowest BCUT2D eigenvalue weighted by atomic mass is 10.1. The number of alkyl halides is 10. The Kier molecular flexibility index (Phi) is 23.6. The molecule has 5 nitrogen and oxygen atoms in total. The number of ether oxygens (including phenoxy) is 5. The number of hydrogen-bond donors (Lipinski definition) is 0. The van der Waals surface area contributed by atoms with Crippen molar-refractivity contribution in [1.82, 2.24) is 0 Å². The van der Waals surface area contributed by atoms with Gasteiger partial charge in [0, 0.05) is 0 Å². The number of hydrogen-bond acceptors (Lipinski definition) is 5. The summed E-state index contributed by atoms with van der Waals surface area (Å²) in [5.74, 6) is 0. The average Bonchev–Trinajstić information content (AvgIpc) is 2.87. The Labute approximate surface area is 252 Å². The molecule has 0 unspecified atom stereocenters. The zero-order valence-corrected chi connectivity index (χ0v) is 20.5. The minimum atomic E-state index is -6.30. The van der Waals surface area contributed by atoms with Crippen molar-refractivity contribution >= 4 is 12.2 Å². The van der Waals surface area contributed by atoms with Crippen molar-refractivity contribution in [1.29, 1.82) is 0 Å². The Morgan fingerprint density at radius 2 is 0.955 bits per heavy atom. The first-order valence-corrected chi connectivity index (χ1v) is 10.9. The van der Waals surface area contributed by atoms with Crippen LogP contribution in [0, 0.1) is 0 Å². The molecule has 0 aliphatic carbocycles. The van der Waals surface area contributed by atoms with E-state index in [1.54, 1.807) is 6.08 Å². The first-order valence-electron chi connectivity index (χ1n) is 10.9. The monoisotopic (exact) mass is 658 g/mol. The van der Waals surface area contributed by atoms with E-state index >= 15 is 0 Å². The SMILES string of the molecule is C.C.C.C.C=Cc1ccc(COCC(F)(F)OC(F)(F)C(F)(F)OC(F)(F)OCF)cc1.C=Cc1ccc(COCF)cc1. The third-order valence-electron chi connectivity index (χ3n) is 4.40. The first kappa shape index (κ1) is 47.9. The van der Waals surface area contributed by atoms with E-state index in [1.165, 1.54) is 30.3 Å². The molecule has 0 saturated carbocycles. The number of halogens is 10. The Bertz CT molecular complexity index is 1030. The molecule has 2 aromatic rings. The van der Waals surface area contributed by atoms with Crippen LogP contribution in [0.15, 0.2) is 61.7 Å². The summed E-state index contributed by atoms with van der Waals surface area (Å²) in [4.78, 5) is 0. The van der Waals surface area contributed by atoms with Gasteiger partial charge in [0.15, 0.2) is 13.7 Å². The summed E-state index contributed by atoms with van der Waals surface area (Å²) in [5.41, 5.74) is 3.04. The Balaban J connectivity index is -0.000000425. The van der Waals surface area contributed by atoms with E-state index in [4.69, 9.17) is 0 Å². The summed E-state index contributed by atoms with van der Waals surface area (Å²) >= 11 is 0. The fourth-order valence-corrected chi connectivity index (χ4v) is 2.52. The van der Waals surface area contributed by atoms with Gasteiger partial charge in [-0.15, -0.1) is 8.78 Å². The lowest BCUT2D eigenvalue weighted by Crippen LogP contribution is -2.52. The van der Waals surface area contributed by atoms with E-state index in [-0.39, 0.29) is 29.7 Å². The molecule has 0 radical (unpaired) electrons. The Morgan fingerprint density at radius 3 is 1.32 bits per heavy atom. The molecular formula is C29H40F10O5.